The summed E-state index contributed by atoms with van der Waals surface area (Å²) in [5, 5.41) is 0. The molecule has 2 heterocycles. The second-order valence-electron chi connectivity index (χ2n) is 9.59. The van der Waals surface area contributed by atoms with E-state index in [1.165, 1.54) is 27.8 Å². The molecule has 1 aliphatic carbocycles. The Hall–Kier alpha value is -2.66. The lowest BCUT2D eigenvalue weighted by Gasteiger charge is -2.38. The summed E-state index contributed by atoms with van der Waals surface area (Å²) in [7, 11) is 0. The summed E-state index contributed by atoms with van der Waals surface area (Å²) >= 11 is 0. The summed E-state index contributed by atoms with van der Waals surface area (Å²) in [5.41, 5.74) is 12.4. The molecule has 2 N–H and O–H groups in total. The van der Waals surface area contributed by atoms with Crippen molar-refractivity contribution in [1.29, 1.82) is 0 Å². The molecule has 3 aliphatic rings. The molecule has 5 nitrogen and oxygen atoms in total. The van der Waals surface area contributed by atoms with Crippen molar-refractivity contribution in [3.63, 3.8) is 0 Å². The lowest BCUT2D eigenvalue weighted by Crippen LogP contribution is -2.51. The molecule has 2 aromatic carbocycles. The maximum absolute atomic E-state index is 12.8. The third-order valence-corrected chi connectivity index (χ3v) is 7.63. The quantitative estimate of drug-likeness (QED) is 0.649. The number of nitrogens with zero attached hydrogens (tertiary/aromatic N) is 2. The normalized spacial score (nSPS) is 20.9. The molecule has 5 heteroatoms. The maximum atomic E-state index is 12.8. The average Bonchev–Trinajstić information content (AvgIpc) is 3.44. The molecule has 2 aliphatic heterocycles. The zero-order valence-corrected chi connectivity index (χ0v) is 18.8. The number of piperidine rings is 1. The molecule has 32 heavy (non-hydrogen) atoms. The van der Waals surface area contributed by atoms with E-state index in [1.54, 1.807) is 0 Å². The zero-order chi connectivity index (χ0) is 22.1. The van der Waals surface area contributed by atoms with Crippen LogP contribution in [0.15, 0.2) is 42.5 Å². The van der Waals surface area contributed by atoms with Gasteiger partial charge in [0.15, 0.2) is 0 Å². The summed E-state index contributed by atoms with van der Waals surface area (Å²) in [6.07, 6.45) is 7.26. The Labute approximate surface area is 190 Å². The molecule has 0 radical (unpaired) electrons. The number of carbonyl (C=O) groups excluding carboxylic acids is 2. The number of amides is 2. The Balaban J connectivity index is 1.10. The summed E-state index contributed by atoms with van der Waals surface area (Å²) in [6, 6.07) is 15.7. The van der Waals surface area contributed by atoms with Gasteiger partial charge in [-0.05, 0) is 79.3 Å². The van der Waals surface area contributed by atoms with Gasteiger partial charge in [0.2, 0.25) is 11.8 Å². The second kappa shape index (κ2) is 9.07. The van der Waals surface area contributed by atoms with Crippen LogP contribution in [-0.2, 0) is 22.4 Å². The summed E-state index contributed by atoms with van der Waals surface area (Å²) in [4.78, 5) is 28.8. The van der Waals surface area contributed by atoms with E-state index >= 15 is 0 Å². The minimum Gasteiger partial charge on any atom is -0.368 e. The first-order chi connectivity index (χ1) is 15.6. The van der Waals surface area contributed by atoms with Crippen molar-refractivity contribution in [1.82, 2.24) is 9.80 Å². The fourth-order valence-electron chi connectivity index (χ4n) is 5.91. The van der Waals surface area contributed by atoms with Gasteiger partial charge in [-0.1, -0.05) is 42.5 Å². The topological polar surface area (TPSA) is 66.6 Å². The third kappa shape index (κ3) is 4.18. The standard InChI is InChI=1S/C27H33N3O2/c28-27(32)25-8-4-14-30(25)22-12-15-29(16-13-22)26(31)9-3-5-19-10-11-21-18-20-6-1-2-7-23(20)24(21)17-19/h1-2,6-7,10-11,17,22,25H,3-5,8-9,12-16,18H2,(H2,28,32). The summed E-state index contributed by atoms with van der Waals surface area (Å²) in [5.74, 6) is 0.0684. The van der Waals surface area contributed by atoms with Crippen LogP contribution in [0.2, 0.25) is 0 Å². The largest absolute Gasteiger partial charge is 0.368 e. The van der Waals surface area contributed by atoms with E-state index in [0.29, 0.717) is 12.5 Å². The van der Waals surface area contributed by atoms with E-state index in [9.17, 15) is 9.59 Å². The molecule has 0 aromatic heterocycles. The van der Waals surface area contributed by atoms with Gasteiger partial charge in [0.05, 0.1) is 6.04 Å². The number of hydrogen-bond acceptors (Lipinski definition) is 3. The van der Waals surface area contributed by atoms with Gasteiger partial charge in [-0.15, -0.1) is 0 Å². The Morgan fingerprint density at radius 2 is 1.72 bits per heavy atom. The number of nitrogens with two attached hydrogens (primary N) is 1. The van der Waals surface area contributed by atoms with Crippen LogP contribution in [0, 0.1) is 0 Å². The van der Waals surface area contributed by atoms with Crippen LogP contribution >= 0.6 is 0 Å². The number of rotatable bonds is 6. The minimum absolute atomic E-state index is 0.110. The first-order valence-corrected chi connectivity index (χ1v) is 12.1. The number of hydrogen-bond donors (Lipinski definition) is 1. The van der Waals surface area contributed by atoms with Gasteiger partial charge in [-0.25, -0.2) is 0 Å². The van der Waals surface area contributed by atoms with E-state index in [0.717, 1.165) is 64.6 Å². The van der Waals surface area contributed by atoms with Crippen LogP contribution in [0.1, 0.15) is 55.2 Å². The first kappa shape index (κ1) is 21.2. The summed E-state index contributed by atoms with van der Waals surface area (Å²) < 4.78 is 0. The highest BCUT2D eigenvalue weighted by Gasteiger charge is 2.36. The molecule has 2 amide bonds. The fraction of sp³-hybridized carbons (Fsp3) is 0.481. The Bertz CT molecular complexity index is 1010. The van der Waals surface area contributed by atoms with Gasteiger partial charge in [0.1, 0.15) is 0 Å². The van der Waals surface area contributed by atoms with Crippen LogP contribution in [-0.4, -0.2) is 53.3 Å². The minimum atomic E-state index is -0.198. The number of aryl methyl sites for hydroxylation is 1. The van der Waals surface area contributed by atoms with E-state index in [4.69, 9.17) is 5.73 Å². The Morgan fingerprint density at radius 3 is 2.53 bits per heavy atom. The van der Waals surface area contributed by atoms with Crippen molar-refractivity contribution in [3.8, 4) is 11.1 Å². The molecule has 0 saturated carbocycles. The van der Waals surface area contributed by atoms with Crippen molar-refractivity contribution in [2.45, 2.75) is 63.5 Å². The third-order valence-electron chi connectivity index (χ3n) is 7.63. The maximum Gasteiger partial charge on any atom is 0.234 e. The molecule has 1 unspecified atom stereocenters. The Morgan fingerprint density at radius 1 is 0.938 bits per heavy atom. The highest BCUT2D eigenvalue weighted by atomic mass is 16.2. The molecule has 2 saturated heterocycles. The van der Waals surface area contributed by atoms with Crippen LogP contribution in [0.25, 0.3) is 11.1 Å². The van der Waals surface area contributed by atoms with E-state index in [2.05, 4.69) is 47.4 Å². The number of benzene rings is 2. The number of fused-ring (bicyclic) bond motifs is 3. The van der Waals surface area contributed by atoms with Gasteiger partial charge >= 0.3 is 0 Å². The van der Waals surface area contributed by atoms with E-state index < -0.39 is 0 Å². The van der Waals surface area contributed by atoms with Crippen molar-refractivity contribution >= 4 is 11.8 Å². The van der Waals surface area contributed by atoms with Crippen molar-refractivity contribution in [2.75, 3.05) is 19.6 Å². The number of likely N-dealkylation sites (tertiary alicyclic amines) is 2. The smallest absolute Gasteiger partial charge is 0.234 e. The summed E-state index contributed by atoms with van der Waals surface area (Å²) in [6.45, 7) is 2.54. The fourth-order valence-corrected chi connectivity index (χ4v) is 5.91. The molecule has 168 valence electrons. The first-order valence-electron chi connectivity index (χ1n) is 12.1. The van der Waals surface area contributed by atoms with Gasteiger partial charge in [0.25, 0.3) is 0 Å². The molecular formula is C27H33N3O2. The molecule has 0 spiro atoms. The van der Waals surface area contributed by atoms with Gasteiger partial charge in [-0.2, -0.15) is 0 Å². The van der Waals surface area contributed by atoms with Crippen LogP contribution < -0.4 is 5.73 Å². The predicted octanol–water partition coefficient (Wildman–Crippen LogP) is 3.52. The SMILES string of the molecule is NC(=O)C1CCCN1C1CCN(C(=O)CCCc2ccc3c(c2)-c2ccccc2C3)CC1. The lowest BCUT2D eigenvalue weighted by molar-refractivity contribution is -0.133. The van der Waals surface area contributed by atoms with Gasteiger partial charge in [0, 0.05) is 25.6 Å². The highest BCUT2D eigenvalue weighted by molar-refractivity contribution is 5.80. The highest BCUT2D eigenvalue weighted by Crippen LogP contribution is 2.37. The predicted molar refractivity (Wildman–Crippen MR) is 126 cm³/mol. The number of primary amides is 1. The van der Waals surface area contributed by atoms with Crippen molar-refractivity contribution < 1.29 is 9.59 Å². The number of carbonyl (C=O) groups is 2. The lowest BCUT2D eigenvalue weighted by atomic mass is 9.99. The van der Waals surface area contributed by atoms with Crippen molar-refractivity contribution in [2.24, 2.45) is 5.73 Å². The second-order valence-corrected chi connectivity index (χ2v) is 9.59. The molecule has 1 atom stereocenters. The Kier molecular flexibility index (Phi) is 6.01. The molecule has 0 bridgehead atoms. The monoisotopic (exact) mass is 431 g/mol. The van der Waals surface area contributed by atoms with Gasteiger partial charge < -0.3 is 10.6 Å². The molecule has 5 rings (SSSR count). The average molecular weight is 432 g/mol. The van der Waals surface area contributed by atoms with Crippen LogP contribution in [0.4, 0.5) is 0 Å². The van der Waals surface area contributed by atoms with Crippen LogP contribution in [0.5, 0.6) is 0 Å². The van der Waals surface area contributed by atoms with E-state index in [-0.39, 0.29) is 17.9 Å². The van der Waals surface area contributed by atoms with Gasteiger partial charge in [-0.3, -0.25) is 14.5 Å². The van der Waals surface area contributed by atoms with Crippen molar-refractivity contribution in [3.05, 3.63) is 59.2 Å². The molecule has 2 aromatic rings. The molecule has 2 fully saturated rings. The zero-order valence-electron chi connectivity index (χ0n) is 18.8. The molecular weight excluding hydrogens is 398 g/mol. The van der Waals surface area contributed by atoms with Crippen LogP contribution in [0.3, 0.4) is 0 Å². The van der Waals surface area contributed by atoms with E-state index in [1.807, 2.05) is 4.90 Å².